The first-order chi connectivity index (χ1) is 10.3. The number of nitrogens with one attached hydrogen (secondary N) is 2. The van der Waals surface area contributed by atoms with Crippen LogP contribution in [0.2, 0.25) is 0 Å². The highest BCUT2D eigenvalue weighted by molar-refractivity contribution is 5.91. The Balaban J connectivity index is 1.75. The van der Waals surface area contributed by atoms with Crippen LogP contribution >= 0.6 is 0 Å². The summed E-state index contributed by atoms with van der Waals surface area (Å²) < 4.78 is 5.54. The van der Waals surface area contributed by atoms with Crippen LogP contribution in [0.4, 0.5) is 5.69 Å². The zero-order chi connectivity index (χ0) is 14.9. The van der Waals surface area contributed by atoms with Gasteiger partial charge in [0.2, 0.25) is 5.91 Å². The van der Waals surface area contributed by atoms with Crippen LogP contribution in [0.5, 0.6) is 0 Å². The molecule has 1 aromatic rings. The summed E-state index contributed by atoms with van der Waals surface area (Å²) in [6.45, 7) is 4.52. The van der Waals surface area contributed by atoms with Crippen LogP contribution in [0.1, 0.15) is 38.2 Å². The molecule has 1 heterocycles. The Bertz CT molecular complexity index is 425. The summed E-state index contributed by atoms with van der Waals surface area (Å²) in [5.74, 6) is 0.0161. The van der Waals surface area contributed by atoms with E-state index >= 15 is 0 Å². The third-order valence-corrected chi connectivity index (χ3v) is 3.72. The van der Waals surface area contributed by atoms with Gasteiger partial charge in [0, 0.05) is 18.8 Å². The number of anilines is 1. The molecule has 0 spiro atoms. The van der Waals surface area contributed by atoms with Gasteiger partial charge >= 0.3 is 0 Å². The Kier molecular flexibility index (Phi) is 6.70. The standard InChI is InChI=1S/C17H26N2O2/c1-2-3-4-5-14-6-8-15(9-7-14)19-17(20)12-16-13-18-10-11-21-16/h6-9,16,18H,2-5,10-13H2,1H3,(H,19,20). The minimum Gasteiger partial charge on any atom is -0.375 e. The van der Waals surface area contributed by atoms with Crippen molar-refractivity contribution in [3.63, 3.8) is 0 Å². The van der Waals surface area contributed by atoms with Gasteiger partial charge in [0.05, 0.1) is 19.1 Å². The lowest BCUT2D eigenvalue weighted by molar-refractivity contribution is -0.119. The van der Waals surface area contributed by atoms with Crippen molar-refractivity contribution in [2.75, 3.05) is 25.0 Å². The van der Waals surface area contributed by atoms with E-state index in [0.717, 1.165) is 25.2 Å². The first-order valence-corrected chi connectivity index (χ1v) is 7.99. The predicted molar refractivity (Wildman–Crippen MR) is 85.5 cm³/mol. The van der Waals surface area contributed by atoms with Gasteiger partial charge in [0.1, 0.15) is 0 Å². The number of morpholine rings is 1. The highest BCUT2D eigenvalue weighted by Crippen LogP contribution is 2.13. The number of carbonyl (C=O) groups is 1. The second-order valence-electron chi connectivity index (χ2n) is 5.60. The molecule has 0 saturated carbocycles. The molecule has 0 radical (unpaired) electrons. The second-order valence-corrected chi connectivity index (χ2v) is 5.60. The molecule has 21 heavy (non-hydrogen) atoms. The van der Waals surface area contributed by atoms with Crippen molar-refractivity contribution in [1.82, 2.24) is 5.32 Å². The summed E-state index contributed by atoms with van der Waals surface area (Å²) in [6, 6.07) is 8.17. The smallest absolute Gasteiger partial charge is 0.227 e. The summed E-state index contributed by atoms with van der Waals surface area (Å²) >= 11 is 0. The number of unbranched alkanes of at least 4 members (excludes halogenated alkanes) is 2. The monoisotopic (exact) mass is 290 g/mol. The molecular formula is C17H26N2O2. The SMILES string of the molecule is CCCCCc1ccc(NC(=O)CC2CNCCO2)cc1. The third kappa shape index (κ3) is 5.86. The predicted octanol–water partition coefficient (Wildman–Crippen LogP) is 2.74. The van der Waals surface area contributed by atoms with E-state index in [2.05, 4.69) is 29.7 Å². The number of hydrogen-bond donors (Lipinski definition) is 2. The fraction of sp³-hybridized carbons (Fsp3) is 0.588. The first-order valence-electron chi connectivity index (χ1n) is 7.99. The largest absolute Gasteiger partial charge is 0.375 e. The molecule has 0 aromatic heterocycles. The van der Waals surface area contributed by atoms with Crippen molar-refractivity contribution in [3.05, 3.63) is 29.8 Å². The van der Waals surface area contributed by atoms with Crippen LogP contribution in [0.25, 0.3) is 0 Å². The number of hydrogen-bond acceptors (Lipinski definition) is 3. The normalized spacial score (nSPS) is 18.4. The fourth-order valence-corrected chi connectivity index (χ4v) is 2.50. The van der Waals surface area contributed by atoms with E-state index in [1.54, 1.807) is 0 Å². The van der Waals surface area contributed by atoms with Gasteiger partial charge in [-0.25, -0.2) is 0 Å². The first kappa shape index (κ1) is 16.0. The highest BCUT2D eigenvalue weighted by Gasteiger charge is 2.17. The fourth-order valence-electron chi connectivity index (χ4n) is 2.50. The minimum absolute atomic E-state index is 0.00735. The molecule has 1 fully saturated rings. The van der Waals surface area contributed by atoms with E-state index in [0.29, 0.717) is 13.0 Å². The second kappa shape index (κ2) is 8.80. The molecule has 1 unspecified atom stereocenters. The number of aryl methyl sites for hydroxylation is 1. The van der Waals surface area contributed by atoms with Crippen LogP contribution < -0.4 is 10.6 Å². The van der Waals surface area contributed by atoms with Crippen molar-refractivity contribution in [1.29, 1.82) is 0 Å². The molecule has 1 aliphatic heterocycles. The zero-order valence-electron chi connectivity index (χ0n) is 12.9. The Hall–Kier alpha value is -1.39. The quantitative estimate of drug-likeness (QED) is 0.759. The van der Waals surface area contributed by atoms with Gasteiger partial charge in [-0.05, 0) is 30.5 Å². The van der Waals surface area contributed by atoms with E-state index in [-0.39, 0.29) is 12.0 Å². The molecular weight excluding hydrogens is 264 g/mol. The van der Waals surface area contributed by atoms with E-state index in [1.807, 2.05) is 12.1 Å². The van der Waals surface area contributed by atoms with Gasteiger partial charge in [-0.15, -0.1) is 0 Å². The number of amides is 1. The average molecular weight is 290 g/mol. The van der Waals surface area contributed by atoms with Gasteiger partial charge < -0.3 is 15.4 Å². The molecule has 4 nitrogen and oxygen atoms in total. The van der Waals surface area contributed by atoms with Crippen molar-refractivity contribution >= 4 is 11.6 Å². The lowest BCUT2D eigenvalue weighted by atomic mass is 10.1. The van der Waals surface area contributed by atoms with Crippen molar-refractivity contribution in [2.24, 2.45) is 0 Å². The number of carbonyl (C=O) groups excluding carboxylic acids is 1. The van der Waals surface area contributed by atoms with Crippen molar-refractivity contribution < 1.29 is 9.53 Å². The Labute approximate surface area is 127 Å². The van der Waals surface area contributed by atoms with E-state index in [9.17, 15) is 4.79 Å². The molecule has 1 aromatic carbocycles. The van der Waals surface area contributed by atoms with E-state index in [4.69, 9.17) is 4.74 Å². The molecule has 116 valence electrons. The van der Waals surface area contributed by atoms with Crippen LogP contribution in [0, 0.1) is 0 Å². The maximum Gasteiger partial charge on any atom is 0.227 e. The minimum atomic E-state index is -0.00735. The van der Waals surface area contributed by atoms with Crippen LogP contribution in [0.3, 0.4) is 0 Å². The number of ether oxygens (including phenoxy) is 1. The summed E-state index contributed by atoms with van der Waals surface area (Å²) in [5, 5.41) is 6.17. The van der Waals surface area contributed by atoms with E-state index in [1.165, 1.54) is 24.8 Å². The molecule has 1 aliphatic rings. The van der Waals surface area contributed by atoms with Crippen LogP contribution in [-0.4, -0.2) is 31.7 Å². The van der Waals surface area contributed by atoms with Crippen LogP contribution in [-0.2, 0) is 16.0 Å². The highest BCUT2D eigenvalue weighted by atomic mass is 16.5. The molecule has 0 aliphatic carbocycles. The molecule has 1 amide bonds. The summed E-state index contributed by atoms with van der Waals surface area (Å²) in [4.78, 5) is 12.0. The van der Waals surface area contributed by atoms with E-state index < -0.39 is 0 Å². The maximum absolute atomic E-state index is 12.0. The number of rotatable bonds is 7. The Morgan fingerprint density at radius 3 is 2.81 bits per heavy atom. The van der Waals surface area contributed by atoms with Crippen molar-refractivity contribution in [2.45, 2.75) is 45.1 Å². The maximum atomic E-state index is 12.0. The average Bonchev–Trinajstić information content (AvgIpc) is 2.50. The molecule has 2 rings (SSSR count). The lowest BCUT2D eigenvalue weighted by Crippen LogP contribution is -2.40. The van der Waals surface area contributed by atoms with Crippen molar-refractivity contribution in [3.8, 4) is 0 Å². The molecule has 1 saturated heterocycles. The van der Waals surface area contributed by atoms with Gasteiger partial charge in [0.25, 0.3) is 0 Å². The Morgan fingerprint density at radius 2 is 2.14 bits per heavy atom. The zero-order valence-corrected chi connectivity index (χ0v) is 12.9. The topological polar surface area (TPSA) is 50.4 Å². The molecule has 1 atom stereocenters. The molecule has 2 N–H and O–H groups in total. The van der Waals surface area contributed by atoms with Gasteiger partial charge in [-0.3, -0.25) is 4.79 Å². The van der Waals surface area contributed by atoms with Gasteiger partial charge in [-0.2, -0.15) is 0 Å². The molecule has 0 bridgehead atoms. The summed E-state index contributed by atoms with van der Waals surface area (Å²) in [5.41, 5.74) is 2.20. The van der Waals surface area contributed by atoms with Gasteiger partial charge in [-0.1, -0.05) is 31.9 Å². The third-order valence-electron chi connectivity index (χ3n) is 3.72. The summed E-state index contributed by atoms with van der Waals surface area (Å²) in [6.07, 6.45) is 5.26. The van der Waals surface area contributed by atoms with Gasteiger partial charge in [0.15, 0.2) is 0 Å². The van der Waals surface area contributed by atoms with Crippen LogP contribution in [0.15, 0.2) is 24.3 Å². The lowest BCUT2D eigenvalue weighted by Gasteiger charge is -2.23. The molecule has 4 heteroatoms. The number of benzene rings is 1. The Morgan fingerprint density at radius 1 is 1.33 bits per heavy atom. The summed E-state index contributed by atoms with van der Waals surface area (Å²) in [7, 11) is 0.